The fraction of sp³-hybridized carbons (Fsp3) is 0.250. The molecule has 0 radical (unpaired) electrons. The van der Waals surface area contributed by atoms with Gasteiger partial charge in [-0.05, 0) is 48.3 Å². The highest BCUT2D eigenvalue weighted by atomic mass is 32.1. The van der Waals surface area contributed by atoms with Crippen molar-refractivity contribution in [3.05, 3.63) is 58.0 Å². The molecular formula is C16H17N3S. The predicted molar refractivity (Wildman–Crippen MR) is 84.6 cm³/mol. The van der Waals surface area contributed by atoms with E-state index < -0.39 is 0 Å². The fourth-order valence-corrected chi connectivity index (χ4v) is 2.80. The summed E-state index contributed by atoms with van der Waals surface area (Å²) in [4.78, 5) is 7.75. The van der Waals surface area contributed by atoms with Gasteiger partial charge in [-0.3, -0.25) is 4.57 Å². The first-order chi connectivity index (χ1) is 9.70. The van der Waals surface area contributed by atoms with Crippen molar-refractivity contribution in [2.45, 2.75) is 26.8 Å². The van der Waals surface area contributed by atoms with Gasteiger partial charge >= 0.3 is 0 Å². The average Bonchev–Trinajstić information content (AvgIpc) is 2.78. The highest BCUT2D eigenvalue weighted by Crippen LogP contribution is 2.18. The molecule has 2 heterocycles. The van der Waals surface area contributed by atoms with Crippen LogP contribution in [0.3, 0.4) is 0 Å². The van der Waals surface area contributed by atoms with Crippen LogP contribution in [0.25, 0.3) is 11.2 Å². The van der Waals surface area contributed by atoms with E-state index in [-0.39, 0.29) is 0 Å². The Kier molecular flexibility index (Phi) is 3.40. The van der Waals surface area contributed by atoms with Crippen LogP contribution in [0.4, 0.5) is 0 Å². The molecule has 2 aromatic heterocycles. The Morgan fingerprint density at radius 2 is 1.95 bits per heavy atom. The number of aromatic nitrogens is 3. The summed E-state index contributed by atoms with van der Waals surface area (Å²) in [5.41, 5.74) is 5.79. The standard InChI is InChI=1S/C16H17N3S/c1-3-12-6-4-5-7-13(12)10-19-15-14(18-16(19)20)11(2)8-9-17-15/h4-9H,3,10H2,1-2H3,(H,18,20). The van der Waals surface area contributed by atoms with Gasteiger partial charge in [0, 0.05) is 6.20 Å². The maximum absolute atomic E-state index is 5.46. The van der Waals surface area contributed by atoms with Gasteiger partial charge in [-0.15, -0.1) is 0 Å². The molecule has 0 aliphatic carbocycles. The molecule has 20 heavy (non-hydrogen) atoms. The van der Waals surface area contributed by atoms with Crippen LogP contribution in [-0.4, -0.2) is 14.5 Å². The van der Waals surface area contributed by atoms with Gasteiger partial charge in [0.25, 0.3) is 0 Å². The van der Waals surface area contributed by atoms with Crippen molar-refractivity contribution in [1.29, 1.82) is 0 Å². The number of hydrogen-bond donors (Lipinski definition) is 1. The van der Waals surface area contributed by atoms with Crippen molar-refractivity contribution >= 4 is 23.4 Å². The minimum absolute atomic E-state index is 0.729. The predicted octanol–water partition coefficient (Wildman–Crippen LogP) is 4.01. The molecule has 3 rings (SSSR count). The molecule has 0 unspecified atom stereocenters. The van der Waals surface area contributed by atoms with Crippen LogP contribution in [0.1, 0.15) is 23.6 Å². The zero-order chi connectivity index (χ0) is 14.1. The third-order valence-electron chi connectivity index (χ3n) is 3.70. The number of aromatic amines is 1. The summed E-state index contributed by atoms with van der Waals surface area (Å²) in [5.74, 6) is 0. The molecule has 102 valence electrons. The monoisotopic (exact) mass is 283 g/mol. The van der Waals surface area contributed by atoms with E-state index in [0.717, 1.165) is 28.9 Å². The Balaban J connectivity index is 2.14. The van der Waals surface area contributed by atoms with Gasteiger partial charge in [0.15, 0.2) is 10.4 Å². The Labute approximate surface area is 123 Å². The highest BCUT2D eigenvalue weighted by Gasteiger charge is 2.09. The van der Waals surface area contributed by atoms with E-state index in [1.165, 1.54) is 16.7 Å². The van der Waals surface area contributed by atoms with E-state index in [2.05, 4.69) is 52.6 Å². The molecule has 4 heteroatoms. The van der Waals surface area contributed by atoms with Crippen LogP contribution in [0.15, 0.2) is 36.5 Å². The van der Waals surface area contributed by atoms with Crippen LogP contribution >= 0.6 is 12.2 Å². The minimum atomic E-state index is 0.729. The van der Waals surface area contributed by atoms with E-state index >= 15 is 0 Å². The summed E-state index contributed by atoms with van der Waals surface area (Å²) in [7, 11) is 0. The lowest BCUT2D eigenvalue weighted by atomic mass is 10.1. The van der Waals surface area contributed by atoms with Crippen LogP contribution in [0.5, 0.6) is 0 Å². The number of rotatable bonds is 3. The molecule has 0 atom stereocenters. The first-order valence-corrected chi connectivity index (χ1v) is 7.22. The number of benzene rings is 1. The maximum Gasteiger partial charge on any atom is 0.179 e. The average molecular weight is 283 g/mol. The molecule has 0 aliphatic heterocycles. The summed E-state index contributed by atoms with van der Waals surface area (Å²) >= 11 is 5.46. The van der Waals surface area contributed by atoms with Crippen LogP contribution < -0.4 is 0 Å². The molecule has 0 amide bonds. The largest absolute Gasteiger partial charge is 0.329 e. The molecule has 0 fully saturated rings. The van der Waals surface area contributed by atoms with Gasteiger partial charge in [-0.2, -0.15) is 0 Å². The summed E-state index contributed by atoms with van der Waals surface area (Å²) < 4.78 is 2.80. The third-order valence-corrected chi connectivity index (χ3v) is 4.02. The first-order valence-electron chi connectivity index (χ1n) is 6.81. The molecular weight excluding hydrogens is 266 g/mol. The highest BCUT2D eigenvalue weighted by molar-refractivity contribution is 7.71. The van der Waals surface area contributed by atoms with E-state index in [4.69, 9.17) is 12.2 Å². The summed E-state index contributed by atoms with van der Waals surface area (Å²) in [6.45, 7) is 5.01. The van der Waals surface area contributed by atoms with Crippen molar-refractivity contribution in [1.82, 2.24) is 14.5 Å². The summed E-state index contributed by atoms with van der Waals surface area (Å²) in [6, 6.07) is 10.5. The zero-order valence-electron chi connectivity index (χ0n) is 11.7. The number of H-pyrrole nitrogens is 1. The molecule has 0 bridgehead atoms. The number of nitrogens with zero attached hydrogens (tertiary/aromatic N) is 2. The number of nitrogens with one attached hydrogen (secondary N) is 1. The quantitative estimate of drug-likeness (QED) is 0.737. The Hall–Kier alpha value is -1.94. The lowest BCUT2D eigenvalue weighted by molar-refractivity contribution is 0.790. The van der Waals surface area contributed by atoms with Gasteiger partial charge in [0.1, 0.15) is 0 Å². The maximum atomic E-state index is 5.46. The number of pyridine rings is 1. The van der Waals surface area contributed by atoms with Crippen molar-refractivity contribution in [2.24, 2.45) is 0 Å². The SMILES string of the molecule is CCc1ccccc1Cn1c(=S)[nH]c2c(C)ccnc21. The molecule has 0 saturated carbocycles. The van der Waals surface area contributed by atoms with Crippen molar-refractivity contribution in [3.8, 4) is 0 Å². The molecule has 0 aliphatic rings. The van der Waals surface area contributed by atoms with E-state index in [0.29, 0.717) is 0 Å². The minimum Gasteiger partial charge on any atom is -0.329 e. The normalized spacial score (nSPS) is 11.1. The topological polar surface area (TPSA) is 33.6 Å². The van der Waals surface area contributed by atoms with Gasteiger partial charge in [0.2, 0.25) is 0 Å². The van der Waals surface area contributed by atoms with E-state index in [1.807, 2.05) is 12.3 Å². The van der Waals surface area contributed by atoms with Gasteiger partial charge in [-0.1, -0.05) is 31.2 Å². The first kappa shape index (κ1) is 13.1. The number of fused-ring (bicyclic) bond motifs is 1. The van der Waals surface area contributed by atoms with Gasteiger partial charge < -0.3 is 4.98 Å². The Morgan fingerprint density at radius 1 is 1.20 bits per heavy atom. The van der Waals surface area contributed by atoms with Crippen LogP contribution in [-0.2, 0) is 13.0 Å². The van der Waals surface area contributed by atoms with Crippen molar-refractivity contribution in [3.63, 3.8) is 0 Å². The molecule has 1 aromatic carbocycles. The smallest absolute Gasteiger partial charge is 0.179 e. The second kappa shape index (κ2) is 5.21. The molecule has 0 saturated heterocycles. The van der Waals surface area contributed by atoms with Crippen LogP contribution in [0, 0.1) is 11.7 Å². The molecule has 0 spiro atoms. The summed E-state index contributed by atoms with van der Waals surface area (Å²) in [5, 5.41) is 0. The Morgan fingerprint density at radius 3 is 2.70 bits per heavy atom. The zero-order valence-corrected chi connectivity index (χ0v) is 12.5. The molecule has 3 nitrogen and oxygen atoms in total. The van der Waals surface area contributed by atoms with Crippen molar-refractivity contribution in [2.75, 3.05) is 0 Å². The van der Waals surface area contributed by atoms with Crippen molar-refractivity contribution < 1.29 is 0 Å². The van der Waals surface area contributed by atoms with Gasteiger partial charge in [-0.25, -0.2) is 4.98 Å². The molecule has 1 N–H and O–H groups in total. The van der Waals surface area contributed by atoms with E-state index in [9.17, 15) is 0 Å². The lowest BCUT2D eigenvalue weighted by Gasteiger charge is -2.09. The third kappa shape index (κ3) is 2.16. The van der Waals surface area contributed by atoms with Gasteiger partial charge in [0.05, 0.1) is 12.1 Å². The Bertz CT molecular complexity index is 814. The van der Waals surface area contributed by atoms with Crippen LogP contribution in [0.2, 0.25) is 0 Å². The second-order valence-corrected chi connectivity index (χ2v) is 5.35. The summed E-state index contributed by atoms with van der Waals surface area (Å²) in [6.07, 6.45) is 2.86. The lowest BCUT2D eigenvalue weighted by Crippen LogP contribution is -2.03. The number of aryl methyl sites for hydroxylation is 2. The number of imidazole rings is 1. The number of hydrogen-bond acceptors (Lipinski definition) is 2. The second-order valence-electron chi connectivity index (χ2n) is 4.97. The van der Waals surface area contributed by atoms with E-state index in [1.54, 1.807) is 0 Å². The fourth-order valence-electron chi connectivity index (χ4n) is 2.55. The molecule has 3 aromatic rings.